The van der Waals surface area contributed by atoms with E-state index in [9.17, 15) is 13.2 Å². The lowest BCUT2D eigenvalue weighted by molar-refractivity contribution is -0.131. The molecule has 2 heterocycles. The largest absolute Gasteiger partial charge is 0.341 e. The first kappa shape index (κ1) is 19.6. The van der Waals surface area contributed by atoms with Gasteiger partial charge < -0.3 is 9.88 Å². The molecule has 1 aromatic carbocycles. The van der Waals surface area contributed by atoms with Crippen LogP contribution in [0.25, 0.3) is 0 Å². The second kappa shape index (κ2) is 9.14. The van der Waals surface area contributed by atoms with Crippen LogP contribution >= 0.6 is 0 Å². The number of H-pyrrole nitrogens is 1. The van der Waals surface area contributed by atoms with Crippen LogP contribution < -0.4 is 0 Å². The Morgan fingerprint density at radius 3 is 2.63 bits per heavy atom. The van der Waals surface area contributed by atoms with Gasteiger partial charge in [0.2, 0.25) is 5.91 Å². The zero-order valence-corrected chi connectivity index (χ0v) is 16.2. The van der Waals surface area contributed by atoms with Gasteiger partial charge in [0.25, 0.3) is 10.0 Å². The highest BCUT2D eigenvalue weighted by Crippen LogP contribution is 2.16. The Labute approximate surface area is 160 Å². The van der Waals surface area contributed by atoms with Gasteiger partial charge in [-0.3, -0.25) is 4.79 Å². The van der Waals surface area contributed by atoms with Crippen molar-refractivity contribution in [3.8, 4) is 0 Å². The van der Waals surface area contributed by atoms with Gasteiger partial charge >= 0.3 is 0 Å². The molecule has 1 fully saturated rings. The molecule has 1 aliphatic heterocycles. The van der Waals surface area contributed by atoms with E-state index in [2.05, 4.69) is 22.1 Å². The number of carbonyl (C=O) groups is 1. The molecule has 8 heteroatoms. The van der Waals surface area contributed by atoms with Crippen molar-refractivity contribution in [2.45, 2.75) is 37.1 Å². The van der Waals surface area contributed by atoms with E-state index >= 15 is 0 Å². The minimum Gasteiger partial charge on any atom is -0.341 e. The van der Waals surface area contributed by atoms with Crippen LogP contribution in [0.1, 0.15) is 31.2 Å². The second-order valence-electron chi connectivity index (χ2n) is 6.75. The summed E-state index contributed by atoms with van der Waals surface area (Å²) in [6, 6.07) is 10.3. The molecule has 1 N–H and O–H groups in total. The summed E-state index contributed by atoms with van der Waals surface area (Å²) in [7, 11) is -3.57. The van der Waals surface area contributed by atoms with Crippen LogP contribution in [0.2, 0.25) is 0 Å². The number of aromatic nitrogens is 2. The van der Waals surface area contributed by atoms with Crippen LogP contribution in [-0.4, -0.2) is 59.7 Å². The summed E-state index contributed by atoms with van der Waals surface area (Å²) in [6.07, 6.45) is 6.63. The van der Waals surface area contributed by atoms with Crippen LogP contribution in [0.15, 0.2) is 47.9 Å². The number of nitrogens with zero attached hydrogens (tertiary/aromatic N) is 3. The molecular weight excluding hydrogens is 364 g/mol. The number of sulfonamides is 1. The van der Waals surface area contributed by atoms with E-state index < -0.39 is 10.0 Å². The topological polar surface area (TPSA) is 86.4 Å². The Balaban J connectivity index is 1.45. The zero-order valence-electron chi connectivity index (χ0n) is 15.4. The number of nitrogens with one attached hydrogen (secondary N) is 1. The third-order valence-electron chi connectivity index (χ3n) is 4.85. The summed E-state index contributed by atoms with van der Waals surface area (Å²) in [5.74, 6) is 0.115. The van der Waals surface area contributed by atoms with E-state index in [1.807, 2.05) is 18.2 Å². The average molecular weight is 391 g/mol. The Morgan fingerprint density at radius 2 is 1.89 bits per heavy atom. The first-order valence-electron chi connectivity index (χ1n) is 9.37. The van der Waals surface area contributed by atoms with Crippen molar-refractivity contribution in [1.82, 2.24) is 19.2 Å². The van der Waals surface area contributed by atoms with Gasteiger partial charge in [0, 0.05) is 32.6 Å². The molecule has 0 unspecified atom stereocenters. The molecule has 0 atom stereocenters. The summed E-state index contributed by atoms with van der Waals surface area (Å²) in [5.41, 5.74) is 1.29. The molecule has 3 rings (SSSR count). The third kappa shape index (κ3) is 5.17. The van der Waals surface area contributed by atoms with Gasteiger partial charge in [0.15, 0.2) is 5.03 Å². The lowest BCUT2D eigenvalue weighted by atomic mass is 10.1. The molecule has 1 amide bonds. The maximum absolute atomic E-state index is 12.6. The number of unbranched alkanes of at least 4 members (excludes halogenated alkanes) is 1. The number of hydrogen-bond donors (Lipinski definition) is 1. The molecule has 0 saturated carbocycles. The highest BCUT2D eigenvalue weighted by molar-refractivity contribution is 7.89. The van der Waals surface area contributed by atoms with Gasteiger partial charge in [-0.2, -0.15) is 4.31 Å². The molecule has 0 radical (unpaired) electrons. The molecular formula is C19H26N4O3S. The summed E-state index contributed by atoms with van der Waals surface area (Å²) in [4.78, 5) is 20.7. The SMILES string of the molecule is O=C(CCCCc1ccccc1)N1CCCN(S(=O)(=O)c2cnc[nH]2)CC1. The summed E-state index contributed by atoms with van der Waals surface area (Å²) in [5, 5.41) is 0.100. The molecule has 27 heavy (non-hydrogen) atoms. The van der Waals surface area contributed by atoms with E-state index in [-0.39, 0.29) is 10.9 Å². The minimum absolute atomic E-state index is 0.100. The van der Waals surface area contributed by atoms with Gasteiger partial charge in [-0.1, -0.05) is 30.3 Å². The highest BCUT2D eigenvalue weighted by atomic mass is 32.2. The lowest BCUT2D eigenvalue weighted by Gasteiger charge is -2.21. The number of aromatic amines is 1. The standard InChI is InChI=1S/C19H26N4O3S/c24-19(10-5-4-9-17-7-2-1-3-8-17)22-11-6-12-23(14-13-22)27(25,26)18-15-20-16-21-18/h1-3,7-8,15-16H,4-6,9-14H2,(H,20,21). The Bertz CT molecular complexity index is 822. The van der Waals surface area contributed by atoms with Crippen molar-refractivity contribution in [2.75, 3.05) is 26.2 Å². The van der Waals surface area contributed by atoms with Crippen molar-refractivity contribution >= 4 is 15.9 Å². The number of imidazole rings is 1. The van der Waals surface area contributed by atoms with Crippen LogP contribution in [0.5, 0.6) is 0 Å². The van der Waals surface area contributed by atoms with Crippen LogP contribution in [0.4, 0.5) is 0 Å². The van der Waals surface area contributed by atoms with E-state index in [1.165, 1.54) is 22.4 Å². The average Bonchev–Trinajstić information content (AvgIpc) is 3.11. The normalized spacial score (nSPS) is 16.2. The maximum atomic E-state index is 12.6. The van der Waals surface area contributed by atoms with Crippen LogP contribution in [-0.2, 0) is 21.2 Å². The predicted molar refractivity (Wildman–Crippen MR) is 103 cm³/mol. The maximum Gasteiger partial charge on any atom is 0.260 e. The van der Waals surface area contributed by atoms with Gasteiger partial charge in [-0.25, -0.2) is 13.4 Å². The van der Waals surface area contributed by atoms with Crippen molar-refractivity contribution in [1.29, 1.82) is 0 Å². The monoisotopic (exact) mass is 390 g/mol. The van der Waals surface area contributed by atoms with Crippen molar-refractivity contribution < 1.29 is 13.2 Å². The smallest absolute Gasteiger partial charge is 0.260 e. The predicted octanol–water partition coefficient (Wildman–Crippen LogP) is 2.05. The minimum atomic E-state index is -3.57. The molecule has 0 aliphatic carbocycles. The number of benzene rings is 1. The molecule has 1 aromatic heterocycles. The number of aryl methyl sites for hydroxylation is 1. The van der Waals surface area contributed by atoms with E-state index in [4.69, 9.17) is 0 Å². The molecule has 146 valence electrons. The van der Waals surface area contributed by atoms with Crippen LogP contribution in [0.3, 0.4) is 0 Å². The quantitative estimate of drug-likeness (QED) is 0.733. The van der Waals surface area contributed by atoms with Crippen molar-refractivity contribution in [3.05, 3.63) is 48.4 Å². The zero-order chi connectivity index (χ0) is 19.1. The fourth-order valence-electron chi connectivity index (χ4n) is 3.31. The number of rotatable bonds is 7. The molecule has 0 bridgehead atoms. The summed E-state index contributed by atoms with van der Waals surface area (Å²) < 4.78 is 26.6. The van der Waals surface area contributed by atoms with Gasteiger partial charge in [-0.05, 0) is 31.2 Å². The fourth-order valence-corrected chi connectivity index (χ4v) is 4.68. The number of amides is 1. The Hall–Kier alpha value is -2.19. The Morgan fingerprint density at radius 1 is 1.07 bits per heavy atom. The molecule has 1 aliphatic rings. The summed E-state index contributed by atoms with van der Waals surface area (Å²) >= 11 is 0. The number of hydrogen-bond acceptors (Lipinski definition) is 4. The second-order valence-corrected chi connectivity index (χ2v) is 8.65. The van der Waals surface area contributed by atoms with E-state index in [0.29, 0.717) is 39.0 Å². The third-order valence-corrected chi connectivity index (χ3v) is 6.67. The molecule has 2 aromatic rings. The van der Waals surface area contributed by atoms with Crippen LogP contribution in [0, 0.1) is 0 Å². The van der Waals surface area contributed by atoms with E-state index in [0.717, 1.165) is 19.3 Å². The molecule has 0 spiro atoms. The van der Waals surface area contributed by atoms with Gasteiger partial charge in [-0.15, -0.1) is 0 Å². The van der Waals surface area contributed by atoms with E-state index in [1.54, 1.807) is 4.90 Å². The fraction of sp³-hybridized carbons (Fsp3) is 0.474. The molecule has 1 saturated heterocycles. The highest BCUT2D eigenvalue weighted by Gasteiger charge is 2.28. The van der Waals surface area contributed by atoms with Crippen molar-refractivity contribution in [3.63, 3.8) is 0 Å². The molecule has 7 nitrogen and oxygen atoms in total. The van der Waals surface area contributed by atoms with Gasteiger partial charge in [0.1, 0.15) is 0 Å². The first-order valence-corrected chi connectivity index (χ1v) is 10.8. The lowest BCUT2D eigenvalue weighted by Crippen LogP contribution is -2.37. The van der Waals surface area contributed by atoms with Crippen molar-refractivity contribution in [2.24, 2.45) is 0 Å². The van der Waals surface area contributed by atoms with Gasteiger partial charge in [0.05, 0.1) is 12.5 Å². The number of carbonyl (C=O) groups excluding carboxylic acids is 1. The Kier molecular flexibility index (Phi) is 6.63. The summed E-state index contributed by atoms with van der Waals surface area (Å²) in [6.45, 7) is 1.77. The first-order chi connectivity index (χ1) is 13.1.